The number of rotatable bonds is 4. The van der Waals surface area contributed by atoms with E-state index >= 15 is 0 Å². The van der Waals surface area contributed by atoms with E-state index in [1.807, 2.05) is 32.0 Å². The Balaban J connectivity index is 2.13. The molecule has 2 rings (SSSR count). The predicted molar refractivity (Wildman–Crippen MR) is 81.6 cm³/mol. The van der Waals surface area contributed by atoms with Crippen LogP contribution in [0.5, 0.6) is 0 Å². The van der Waals surface area contributed by atoms with Gasteiger partial charge >= 0.3 is 5.97 Å². The summed E-state index contributed by atoms with van der Waals surface area (Å²) in [5.74, 6) is -2.57. The summed E-state index contributed by atoms with van der Waals surface area (Å²) in [6.07, 6.45) is 0.411. The van der Waals surface area contributed by atoms with Gasteiger partial charge in [-0.1, -0.05) is 6.07 Å². The first-order valence-corrected chi connectivity index (χ1v) is 7.16. The normalized spacial score (nSPS) is 17.7. The minimum absolute atomic E-state index is 0.259. The summed E-state index contributed by atoms with van der Waals surface area (Å²) in [5.41, 5.74) is 3.01. The molecule has 1 aromatic carbocycles. The first kappa shape index (κ1) is 16.0. The monoisotopic (exact) mass is 304 g/mol. The lowest BCUT2D eigenvalue weighted by Gasteiger charge is -2.20. The Morgan fingerprint density at radius 3 is 2.59 bits per heavy atom. The summed E-state index contributed by atoms with van der Waals surface area (Å²) in [6.45, 7) is 4.05. The number of amides is 2. The topological polar surface area (TPSA) is 77.9 Å². The Hall–Kier alpha value is -2.37. The molecule has 6 heteroatoms. The van der Waals surface area contributed by atoms with E-state index in [0.717, 1.165) is 21.7 Å². The van der Waals surface area contributed by atoms with Crippen LogP contribution in [-0.2, 0) is 14.4 Å². The fourth-order valence-electron chi connectivity index (χ4n) is 2.61. The summed E-state index contributed by atoms with van der Waals surface area (Å²) in [7, 11) is 1.41. The maximum atomic E-state index is 12.5. The van der Waals surface area contributed by atoms with Crippen molar-refractivity contribution in [3.63, 3.8) is 0 Å². The number of carboxylic acids is 1. The quantitative estimate of drug-likeness (QED) is 0.848. The minimum Gasteiger partial charge on any atom is -0.480 e. The first-order valence-electron chi connectivity index (χ1n) is 7.16. The molecule has 1 N–H and O–H groups in total. The highest BCUT2D eigenvalue weighted by Crippen LogP contribution is 2.27. The third-order valence-electron chi connectivity index (χ3n) is 4.05. The van der Waals surface area contributed by atoms with E-state index in [-0.39, 0.29) is 5.91 Å². The van der Waals surface area contributed by atoms with Gasteiger partial charge in [-0.15, -0.1) is 0 Å². The molecule has 0 aromatic heterocycles. The van der Waals surface area contributed by atoms with Crippen LogP contribution in [0.25, 0.3) is 0 Å². The van der Waals surface area contributed by atoms with Gasteiger partial charge in [0.2, 0.25) is 11.8 Å². The average molecular weight is 304 g/mol. The Labute approximate surface area is 129 Å². The molecular weight excluding hydrogens is 284 g/mol. The molecule has 1 heterocycles. The van der Waals surface area contributed by atoms with Crippen LogP contribution >= 0.6 is 0 Å². The number of aryl methyl sites for hydroxylation is 2. The molecule has 1 aliphatic rings. The van der Waals surface area contributed by atoms with Gasteiger partial charge in [-0.05, 0) is 43.5 Å². The van der Waals surface area contributed by atoms with Gasteiger partial charge in [0.1, 0.15) is 12.5 Å². The molecule has 0 spiro atoms. The highest BCUT2D eigenvalue weighted by atomic mass is 16.4. The molecule has 0 bridgehead atoms. The maximum Gasteiger partial charge on any atom is 0.323 e. The van der Waals surface area contributed by atoms with E-state index in [4.69, 9.17) is 5.11 Å². The van der Waals surface area contributed by atoms with E-state index in [9.17, 15) is 14.4 Å². The van der Waals surface area contributed by atoms with Crippen molar-refractivity contribution in [3.8, 4) is 0 Å². The third-order valence-corrected chi connectivity index (χ3v) is 4.05. The van der Waals surface area contributed by atoms with Crippen molar-refractivity contribution < 1.29 is 19.5 Å². The van der Waals surface area contributed by atoms with Crippen molar-refractivity contribution >= 4 is 23.5 Å². The molecule has 1 aliphatic heterocycles. The van der Waals surface area contributed by atoms with E-state index in [1.54, 1.807) is 4.90 Å². The highest BCUT2D eigenvalue weighted by molar-refractivity contribution is 6.09. The molecule has 1 aromatic rings. The van der Waals surface area contributed by atoms with Crippen molar-refractivity contribution in [3.05, 3.63) is 29.3 Å². The van der Waals surface area contributed by atoms with Crippen LogP contribution in [0.2, 0.25) is 0 Å². The number of hydrogen-bond donors (Lipinski definition) is 1. The van der Waals surface area contributed by atoms with E-state index < -0.39 is 24.3 Å². The Bertz CT molecular complexity index is 627. The van der Waals surface area contributed by atoms with Gasteiger partial charge in [0, 0.05) is 19.3 Å². The molecular formula is C16H20N2O4. The minimum atomic E-state index is -1.09. The molecule has 22 heavy (non-hydrogen) atoms. The molecule has 1 unspecified atom stereocenters. The lowest BCUT2D eigenvalue weighted by atomic mass is 10.1. The third kappa shape index (κ3) is 3.10. The van der Waals surface area contributed by atoms with E-state index in [0.29, 0.717) is 13.0 Å². The van der Waals surface area contributed by atoms with Crippen molar-refractivity contribution in [2.75, 3.05) is 25.0 Å². The second kappa shape index (κ2) is 6.17. The maximum absolute atomic E-state index is 12.5. The summed E-state index contributed by atoms with van der Waals surface area (Å²) in [5, 5.41) is 8.74. The molecule has 0 radical (unpaired) electrons. The summed E-state index contributed by atoms with van der Waals surface area (Å²) in [4.78, 5) is 38.0. The lowest BCUT2D eigenvalue weighted by molar-refractivity contribution is -0.146. The SMILES string of the molecule is Cc1ccc(N2CCC(C(=O)N(C)CC(=O)O)C2=O)cc1C. The molecule has 0 aliphatic carbocycles. The van der Waals surface area contributed by atoms with Crippen molar-refractivity contribution in [2.24, 2.45) is 5.92 Å². The van der Waals surface area contributed by atoms with Crippen molar-refractivity contribution in [1.29, 1.82) is 0 Å². The fraction of sp³-hybridized carbons (Fsp3) is 0.438. The molecule has 6 nitrogen and oxygen atoms in total. The van der Waals surface area contributed by atoms with Crippen LogP contribution in [0.1, 0.15) is 17.5 Å². The van der Waals surface area contributed by atoms with Gasteiger partial charge in [-0.25, -0.2) is 0 Å². The largest absolute Gasteiger partial charge is 0.480 e. The van der Waals surface area contributed by atoms with Crippen molar-refractivity contribution in [2.45, 2.75) is 20.3 Å². The van der Waals surface area contributed by atoms with Gasteiger partial charge in [-0.2, -0.15) is 0 Å². The zero-order valence-electron chi connectivity index (χ0n) is 13.0. The number of carbonyl (C=O) groups excluding carboxylic acids is 2. The average Bonchev–Trinajstić information content (AvgIpc) is 2.82. The lowest BCUT2D eigenvalue weighted by Crippen LogP contribution is -2.40. The smallest absolute Gasteiger partial charge is 0.323 e. The molecule has 0 saturated carbocycles. The van der Waals surface area contributed by atoms with Crippen LogP contribution in [0.4, 0.5) is 5.69 Å². The standard InChI is InChI=1S/C16H20N2O4/c1-10-4-5-12(8-11(10)2)18-7-6-13(16(18)22)15(21)17(3)9-14(19)20/h4-5,8,13H,6-7,9H2,1-3H3,(H,19,20). The number of likely N-dealkylation sites (N-methyl/N-ethyl adjacent to an activating group) is 1. The Morgan fingerprint density at radius 1 is 1.32 bits per heavy atom. The zero-order valence-corrected chi connectivity index (χ0v) is 13.0. The van der Waals surface area contributed by atoms with Gasteiger partial charge in [0.05, 0.1) is 0 Å². The van der Waals surface area contributed by atoms with Crippen LogP contribution in [0.3, 0.4) is 0 Å². The number of benzene rings is 1. The number of carboxylic acid groups (broad SMARTS) is 1. The van der Waals surface area contributed by atoms with E-state index in [1.165, 1.54) is 7.05 Å². The Kier molecular flexibility index (Phi) is 4.49. The van der Waals surface area contributed by atoms with Crippen LogP contribution in [0, 0.1) is 19.8 Å². The number of carbonyl (C=O) groups is 3. The van der Waals surface area contributed by atoms with Gasteiger partial charge in [0.25, 0.3) is 0 Å². The first-order chi connectivity index (χ1) is 10.3. The highest BCUT2D eigenvalue weighted by Gasteiger charge is 2.39. The number of hydrogen-bond acceptors (Lipinski definition) is 3. The van der Waals surface area contributed by atoms with Crippen LogP contribution < -0.4 is 4.90 Å². The molecule has 1 fully saturated rings. The molecule has 2 amide bonds. The summed E-state index contributed by atoms with van der Waals surface area (Å²) in [6, 6.07) is 5.75. The second-order valence-electron chi connectivity index (χ2n) is 5.69. The van der Waals surface area contributed by atoms with Gasteiger partial charge in [-0.3, -0.25) is 14.4 Å². The van der Waals surface area contributed by atoms with Crippen molar-refractivity contribution in [1.82, 2.24) is 4.90 Å². The molecule has 118 valence electrons. The molecule has 1 atom stereocenters. The van der Waals surface area contributed by atoms with Crippen LogP contribution in [0.15, 0.2) is 18.2 Å². The summed E-state index contributed by atoms with van der Waals surface area (Å²) < 4.78 is 0. The number of nitrogens with zero attached hydrogens (tertiary/aromatic N) is 2. The fourth-order valence-corrected chi connectivity index (χ4v) is 2.61. The molecule has 1 saturated heterocycles. The zero-order chi connectivity index (χ0) is 16.4. The van der Waals surface area contributed by atoms with E-state index in [2.05, 4.69) is 0 Å². The summed E-state index contributed by atoms with van der Waals surface area (Å²) >= 11 is 0. The number of aliphatic carboxylic acids is 1. The van der Waals surface area contributed by atoms with Gasteiger partial charge in [0.15, 0.2) is 0 Å². The number of anilines is 1. The Morgan fingerprint density at radius 2 is 2.00 bits per heavy atom. The van der Waals surface area contributed by atoms with Crippen LogP contribution in [-0.4, -0.2) is 47.9 Å². The van der Waals surface area contributed by atoms with Gasteiger partial charge < -0.3 is 14.9 Å². The second-order valence-corrected chi connectivity index (χ2v) is 5.69. The predicted octanol–water partition coefficient (Wildman–Crippen LogP) is 1.20.